The maximum atomic E-state index is 13.4. The Morgan fingerprint density at radius 2 is 2.00 bits per heavy atom. The Balaban J connectivity index is 1.80. The molecule has 2 aromatic carbocycles. The predicted molar refractivity (Wildman–Crippen MR) is 86.9 cm³/mol. The van der Waals surface area contributed by atoms with E-state index in [9.17, 15) is 9.18 Å². The third-order valence-electron chi connectivity index (χ3n) is 3.46. The van der Waals surface area contributed by atoms with Crippen LogP contribution in [0.4, 0.5) is 4.39 Å². The molecule has 1 N–H and O–H groups in total. The molecule has 0 radical (unpaired) electrons. The molecular weight excluding hydrogens is 299 g/mol. The first-order valence-electron chi connectivity index (χ1n) is 7.00. The van der Waals surface area contributed by atoms with Gasteiger partial charge in [0.25, 0.3) is 5.91 Å². The van der Waals surface area contributed by atoms with Crippen molar-refractivity contribution < 1.29 is 9.18 Å². The number of hydrogen-bond acceptors (Lipinski definition) is 3. The average molecular weight is 314 g/mol. The summed E-state index contributed by atoms with van der Waals surface area (Å²) < 4.78 is 13.4. The van der Waals surface area contributed by atoms with Crippen LogP contribution in [-0.2, 0) is 0 Å². The van der Waals surface area contributed by atoms with E-state index in [0.717, 1.165) is 21.8 Å². The SMILES string of the molecule is Cc1ccc(C(=O)N/N=C2/CCSc3ccc(F)cc32)cc1. The molecule has 0 saturated heterocycles. The Bertz CT molecular complexity index is 741. The van der Waals surface area contributed by atoms with Crippen LogP contribution in [0.5, 0.6) is 0 Å². The quantitative estimate of drug-likeness (QED) is 0.858. The van der Waals surface area contributed by atoms with Gasteiger partial charge in [-0.3, -0.25) is 4.79 Å². The Hall–Kier alpha value is -2.14. The third-order valence-corrected chi connectivity index (χ3v) is 4.53. The van der Waals surface area contributed by atoms with E-state index in [-0.39, 0.29) is 11.7 Å². The fraction of sp³-hybridized carbons (Fsp3) is 0.176. The van der Waals surface area contributed by atoms with Gasteiger partial charge in [-0.2, -0.15) is 5.10 Å². The van der Waals surface area contributed by atoms with Crippen molar-refractivity contribution in [1.82, 2.24) is 5.43 Å². The van der Waals surface area contributed by atoms with E-state index in [1.165, 1.54) is 12.1 Å². The maximum Gasteiger partial charge on any atom is 0.271 e. The van der Waals surface area contributed by atoms with Gasteiger partial charge in [-0.15, -0.1) is 11.8 Å². The van der Waals surface area contributed by atoms with E-state index >= 15 is 0 Å². The summed E-state index contributed by atoms with van der Waals surface area (Å²) in [6, 6.07) is 11.9. The standard InChI is InChI=1S/C17H15FN2OS/c1-11-2-4-12(5-3-11)17(21)20-19-15-8-9-22-16-7-6-13(18)10-14(15)16/h2-7,10H,8-9H2,1H3,(H,20,21)/b19-15-. The molecule has 0 aromatic heterocycles. The second-order valence-electron chi connectivity index (χ2n) is 5.10. The van der Waals surface area contributed by atoms with E-state index in [0.29, 0.717) is 17.7 Å². The minimum absolute atomic E-state index is 0.260. The normalized spacial score (nSPS) is 15.5. The van der Waals surface area contributed by atoms with E-state index in [1.54, 1.807) is 30.0 Å². The van der Waals surface area contributed by atoms with Crippen LogP contribution in [0.3, 0.4) is 0 Å². The number of rotatable bonds is 2. The number of amides is 1. The summed E-state index contributed by atoms with van der Waals surface area (Å²) in [5, 5.41) is 4.20. The lowest BCUT2D eigenvalue weighted by Crippen LogP contribution is -2.21. The van der Waals surface area contributed by atoms with Crippen LogP contribution in [0.15, 0.2) is 52.5 Å². The second-order valence-corrected chi connectivity index (χ2v) is 6.24. The van der Waals surface area contributed by atoms with Crippen LogP contribution in [0.25, 0.3) is 0 Å². The van der Waals surface area contributed by atoms with E-state index in [4.69, 9.17) is 0 Å². The molecule has 1 heterocycles. The minimum Gasteiger partial charge on any atom is -0.267 e. The topological polar surface area (TPSA) is 41.5 Å². The Kier molecular flexibility index (Phi) is 4.24. The van der Waals surface area contributed by atoms with Gasteiger partial charge in [-0.05, 0) is 37.3 Å². The zero-order valence-corrected chi connectivity index (χ0v) is 12.9. The first-order chi connectivity index (χ1) is 10.6. The first kappa shape index (κ1) is 14.8. The number of thioether (sulfide) groups is 1. The van der Waals surface area contributed by atoms with Crippen LogP contribution in [0.2, 0.25) is 0 Å². The highest BCUT2D eigenvalue weighted by Crippen LogP contribution is 2.30. The molecule has 3 nitrogen and oxygen atoms in total. The molecule has 1 aliphatic heterocycles. The smallest absolute Gasteiger partial charge is 0.267 e. The van der Waals surface area contributed by atoms with E-state index in [2.05, 4.69) is 10.5 Å². The third kappa shape index (κ3) is 3.20. The van der Waals surface area contributed by atoms with Crippen LogP contribution in [-0.4, -0.2) is 17.4 Å². The Labute approximate surface area is 132 Å². The summed E-state index contributed by atoms with van der Waals surface area (Å²) in [4.78, 5) is 13.1. The molecule has 0 saturated carbocycles. The molecule has 1 amide bonds. The highest BCUT2D eigenvalue weighted by Gasteiger charge is 2.17. The predicted octanol–water partition coefficient (Wildman–Crippen LogP) is 3.76. The Morgan fingerprint density at radius 1 is 1.23 bits per heavy atom. The van der Waals surface area contributed by atoms with Gasteiger partial charge in [0.2, 0.25) is 0 Å². The number of halogens is 1. The first-order valence-corrected chi connectivity index (χ1v) is 7.98. The highest BCUT2D eigenvalue weighted by atomic mass is 32.2. The zero-order chi connectivity index (χ0) is 15.5. The second kappa shape index (κ2) is 6.32. The number of hydrogen-bond donors (Lipinski definition) is 1. The van der Waals surface area contributed by atoms with Crippen molar-refractivity contribution in [2.75, 3.05) is 5.75 Å². The highest BCUT2D eigenvalue weighted by molar-refractivity contribution is 7.99. The molecular formula is C17H15FN2OS. The van der Waals surface area contributed by atoms with Crippen LogP contribution in [0.1, 0.15) is 27.9 Å². The summed E-state index contributed by atoms with van der Waals surface area (Å²) in [5.41, 5.74) is 5.70. The van der Waals surface area contributed by atoms with Crippen molar-refractivity contribution in [2.24, 2.45) is 5.10 Å². The number of fused-ring (bicyclic) bond motifs is 1. The number of aryl methyl sites for hydroxylation is 1. The van der Waals surface area contributed by atoms with Crippen LogP contribution >= 0.6 is 11.8 Å². The molecule has 112 valence electrons. The number of benzene rings is 2. The molecule has 5 heteroatoms. The molecule has 0 fully saturated rings. The summed E-state index contributed by atoms with van der Waals surface area (Å²) in [6.07, 6.45) is 0.704. The summed E-state index contributed by atoms with van der Waals surface area (Å²) in [5.74, 6) is 0.320. The average Bonchev–Trinajstić information content (AvgIpc) is 2.53. The van der Waals surface area contributed by atoms with Crippen LogP contribution < -0.4 is 5.43 Å². The van der Waals surface area contributed by atoms with E-state index in [1.807, 2.05) is 19.1 Å². The summed E-state index contributed by atoms with van der Waals surface area (Å²) in [7, 11) is 0. The summed E-state index contributed by atoms with van der Waals surface area (Å²) >= 11 is 1.67. The van der Waals surface area contributed by atoms with Crippen molar-refractivity contribution >= 4 is 23.4 Å². The van der Waals surface area contributed by atoms with Gasteiger partial charge in [-0.1, -0.05) is 17.7 Å². The van der Waals surface area contributed by atoms with E-state index < -0.39 is 0 Å². The molecule has 22 heavy (non-hydrogen) atoms. The molecule has 1 aliphatic rings. The monoisotopic (exact) mass is 314 g/mol. The lowest BCUT2D eigenvalue weighted by Gasteiger charge is -2.17. The van der Waals surface area contributed by atoms with Gasteiger partial charge in [-0.25, -0.2) is 9.82 Å². The minimum atomic E-state index is -0.293. The fourth-order valence-corrected chi connectivity index (χ4v) is 3.26. The number of nitrogens with one attached hydrogen (secondary N) is 1. The molecule has 0 bridgehead atoms. The van der Waals surface area contributed by atoms with Crippen LogP contribution in [0, 0.1) is 12.7 Å². The van der Waals surface area contributed by atoms with Crippen molar-refractivity contribution in [1.29, 1.82) is 0 Å². The van der Waals surface area contributed by atoms with Gasteiger partial charge in [0.15, 0.2) is 0 Å². The summed E-state index contributed by atoms with van der Waals surface area (Å²) in [6.45, 7) is 1.97. The van der Waals surface area contributed by atoms with Gasteiger partial charge in [0, 0.05) is 28.2 Å². The number of carbonyl (C=O) groups is 1. The maximum absolute atomic E-state index is 13.4. The molecule has 2 aromatic rings. The van der Waals surface area contributed by atoms with Gasteiger partial charge < -0.3 is 0 Å². The fourth-order valence-electron chi connectivity index (χ4n) is 2.25. The lowest BCUT2D eigenvalue weighted by atomic mass is 10.1. The van der Waals surface area contributed by atoms with Crippen molar-refractivity contribution in [2.45, 2.75) is 18.2 Å². The van der Waals surface area contributed by atoms with Gasteiger partial charge in [0.1, 0.15) is 5.82 Å². The molecule has 0 spiro atoms. The van der Waals surface area contributed by atoms with Crippen molar-refractivity contribution in [3.05, 3.63) is 65.0 Å². The van der Waals surface area contributed by atoms with Crippen molar-refractivity contribution in [3.63, 3.8) is 0 Å². The lowest BCUT2D eigenvalue weighted by molar-refractivity contribution is 0.0955. The molecule has 0 atom stereocenters. The zero-order valence-electron chi connectivity index (χ0n) is 12.1. The largest absolute Gasteiger partial charge is 0.271 e. The molecule has 0 unspecified atom stereocenters. The number of nitrogens with zero attached hydrogens (tertiary/aromatic N) is 1. The van der Waals surface area contributed by atoms with Gasteiger partial charge >= 0.3 is 0 Å². The number of hydrazone groups is 1. The van der Waals surface area contributed by atoms with Gasteiger partial charge in [0.05, 0.1) is 5.71 Å². The van der Waals surface area contributed by atoms with Crippen molar-refractivity contribution in [3.8, 4) is 0 Å². The Morgan fingerprint density at radius 3 is 2.77 bits per heavy atom. The molecule has 3 rings (SSSR count). The molecule has 0 aliphatic carbocycles. The number of carbonyl (C=O) groups excluding carboxylic acids is 1.